The van der Waals surface area contributed by atoms with Crippen molar-refractivity contribution in [1.29, 1.82) is 0 Å². The first-order chi connectivity index (χ1) is 6.11. The highest BCUT2D eigenvalue weighted by Gasteiger charge is 2.08. The summed E-state index contributed by atoms with van der Waals surface area (Å²) in [4.78, 5) is 1.34. The Balaban J connectivity index is 2.94. The lowest BCUT2D eigenvalue weighted by Gasteiger charge is -1.99. The van der Waals surface area contributed by atoms with Gasteiger partial charge in [0.1, 0.15) is 5.75 Å². The van der Waals surface area contributed by atoms with Crippen molar-refractivity contribution < 1.29 is 5.11 Å². The van der Waals surface area contributed by atoms with Gasteiger partial charge < -0.3 is 5.11 Å². The van der Waals surface area contributed by atoms with Crippen LogP contribution in [0.4, 0.5) is 0 Å². The SMILES string of the molecule is Cc1sc2c(C)c(O)ccc2c1C. The van der Waals surface area contributed by atoms with Gasteiger partial charge in [0.25, 0.3) is 0 Å². The molecule has 0 aliphatic rings. The number of rotatable bonds is 0. The molecule has 0 spiro atoms. The van der Waals surface area contributed by atoms with Crippen LogP contribution in [0.15, 0.2) is 12.1 Å². The van der Waals surface area contributed by atoms with Crippen LogP contribution in [0.3, 0.4) is 0 Å². The van der Waals surface area contributed by atoms with Crippen molar-refractivity contribution >= 4 is 21.4 Å². The largest absolute Gasteiger partial charge is 0.508 e. The predicted octanol–water partition coefficient (Wildman–Crippen LogP) is 3.53. The van der Waals surface area contributed by atoms with E-state index in [1.807, 2.05) is 13.0 Å². The molecule has 0 amide bonds. The first-order valence-electron chi connectivity index (χ1n) is 4.29. The molecule has 2 aromatic rings. The number of phenolic OH excluding ortho intramolecular Hbond substituents is 1. The third-order valence-electron chi connectivity index (χ3n) is 2.56. The molecule has 0 bridgehead atoms. The molecule has 1 aromatic carbocycles. The second-order valence-electron chi connectivity index (χ2n) is 3.37. The molecule has 1 nitrogen and oxygen atoms in total. The minimum atomic E-state index is 0.397. The summed E-state index contributed by atoms with van der Waals surface area (Å²) in [5.74, 6) is 0.397. The summed E-state index contributed by atoms with van der Waals surface area (Å²) in [5.41, 5.74) is 2.34. The van der Waals surface area contributed by atoms with Crippen LogP contribution in [-0.2, 0) is 0 Å². The van der Waals surface area contributed by atoms with Gasteiger partial charge in [0.05, 0.1) is 0 Å². The molecular formula is C11H12OS. The first kappa shape index (κ1) is 8.57. The molecule has 2 rings (SSSR count). The fourth-order valence-corrected chi connectivity index (χ4v) is 2.69. The van der Waals surface area contributed by atoms with Gasteiger partial charge >= 0.3 is 0 Å². The summed E-state index contributed by atoms with van der Waals surface area (Å²) in [6, 6.07) is 3.77. The Hall–Kier alpha value is -1.02. The van der Waals surface area contributed by atoms with E-state index in [1.165, 1.54) is 20.5 Å². The molecule has 0 unspecified atom stereocenters. The molecular weight excluding hydrogens is 180 g/mol. The smallest absolute Gasteiger partial charge is 0.119 e. The standard InChI is InChI=1S/C11H12OS/c1-6-8(3)13-11-7(2)10(12)5-4-9(6)11/h4-5,12H,1-3H3. The van der Waals surface area contributed by atoms with Crippen molar-refractivity contribution in [3.8, 4) is 5.75 Å². The lowest BCUT2D eigenvalue weighted by Crippen LogP contribution is -1.75. The zero-order valence-corrected chi connectivity index (χ0v) is 8.83. The quantitative estimate of drug-likeness (QED) is 0.677. The Morgan fingerprint density at radius 2 is 1.77 bits per heavy atom. The minimum Gasteiger partial charge on any atom is -0.508 e. The average Bonchev–Trinajstić information content (AvgIpc) is 2.38. The van der Waals surface area contributed by atoms with E-state index in [0.717, 1.165) is 5.56 Å². The van der Waals surface area contributed by atoms with Crippen molar-refractivity contribution in [1.82, 2.24) is 0 Å². The van der Waals surface area contributed by atoms with Crippen LogP contribution in [0.25, 0.3) is 10.1 Å². The van der Waals surface area contributed by atoms with Gasteiger partial charge in [0, 0.05) is 15.1 Å². The molecule has 1 heterocycles. The summed E-state index contributed by atoms with van der Waals surface area (Å²) >= 11 is 1.76. The van der Waals surface area contributed by atoms with Gasteiger partial charge in [-0.25, -0.2) is 0 Å². The van der Waals surface area contributed by atoms with E-state index in [-0.39, 0.29) is 0 Å². The summed E-state index contributed by atoms with van der Waals surface area (Å²) in [7, 11) is 0. The van der Waals surface area contributed by atoms with Gasteiger partial charge in [0.2, 0.25) is 0 Å². The normalized spacial score (nSPS) is 11.0. The lowest BCUT2D eigenvalue weighted by atomic mass is 10.1. The third kappa shape index (κ3) is 1.13. The zero-order valence-electron chi connectivity index (χ0n) is 8.01. The molecule has 0 saturated carbocycles. The van der Waals surface area contributed by atoms with E-state index in [4.69, 9.17) is 0 Å². The molecule has 0 aliphatic carbocycles. The van der Waals surface area contributed by atoms with Crippen molar-refractivity contribution in [3.63, 3.8) is 0 Å². The molecule has 0 radical (unpaired) electrons. The minimum absolute atomic E-state index is 0.397. The first-order valence-corrected chi connectivity index (χ1v) is 5.11. The van der Waals surface area contributed by atoms with Crippen molar-refractivity contribution in [2.45, 2.75) is 20.8 Å². The lowest BCUT2D eigenvalue weighted by molar-refractivity contribution is 0.472. The van der Waals surface area contributed by atoms with Gasteiger partial charge in [-0.2, -0.15) is 0 Å². The van der Waals surface area contributed by atoms with Gasteiger partial charge in [-0.05, 0) is 43.9 Å². The molecule has 0 saturated heterocycles. The topological polar surface area (TPSA) is 20.2 Å². The van der Waals surface area contributed by atoms with Crippen LogP contribution in [0.2, 0.25) is 0 Å². The summed E-state index contributed by atoms with van der Waals surface area (Å²) < 4.78 is 1.22. The monoisotopic (exact) mass is 192 g/mol. The van der Waals surface area contributed by atoms with Crippen LogP contribution >= 0.6 is 11.3 Å². The molecule has 0 fully saturated rings. The molecule has 13 heavy (non-hydrogen) atoms. The molecule has 2 heteroatoms. The van der Waals surface area contributed by atoms with Crippen molar-refractivity contribution in [2.24, 2.45) is 0 Å². The number of aromatic hydroxyl groups is 1. The average molecular weight is 192 g/mol. The Morgan fingerprint density at radius 1 is 1.08 bits per heavy atom. The number of hydrogen-bond acceptors (Lipinski definition) is 2. The van der Waals surface area contributed by atoms with Gasteiger partial charge in [-0.3, -0.25) is 0 Å². The number of aryl methyl sites for hydroxylation is 3. The van der Waals surface area contributed by atoms with E-state index in [0.29, 0.717) is 5.75 Å². The fraction of sp³-hybridized carbons (Fsp3) is 0.273. The maximum atomic E-state index is 9.52. The van der Waals surface area contributed by atoms with E-state index in [1.54, 1.807) is 17.4 Å². The molecule has 1 N–H and O–H groups in total. The van der Waals surface area contributed by atoms with Crippen LogP contribution in [-0.4, -0.2) is 5.11 Å². The van der Waals surface area contributed by atoms with Crippen LogP contribution < -0.4 is 0 Å². The van der Waals surface area contributed by atoms with Crippen molar-refractivity contribution in [2.75, 3.05) is 0 Å². The molecule has 1 aromatic heterocycles. The highest BCUT2D eigenvalue weighted by molar-refractivity contribution is 7.19. The number of benzene rings is 1. The molecule has 0 aliphatic heterocycles. The maximum absolute atomic E-state index is 9.52. The van der Waals surface area contributed by atoms with Gasteiger partial charge in [-0.1, -0.05) is 0 Å². The second kappa shape index (κ2) is 2.74. The van der Waals surface area contributed by atoms with E-state index < -0.39 is 0 Å². The van der Waals surface area contributed by atoms with Gasteiger partial charge in [0.15, 0.2) is 0 Å². The highest BCUT2D eigenvalue weighted by atomic mass is 32.1. The van der Waals surface area contributed by atoms with Crippen LogP contribution in [0.1, 0.15) is 16.0 Å². The number of fused-ring (bicyclic) bond motifs is 1. The second-order valence-corrected chi connectivity index (χ2v) is 4.59. The van der Waals surface area contributed by atoms with E-state index >= 15 is 0 Å². The van der Waals surface area contributed by atoms with Crippen LogP contribution in [0, 0.1) is 20.8 Å². The summed E-state index contributed by atoms with van der Waals surface area (Å²) in [5, 5.41) is 10.8. The van der Waals surface area contributed by atoms with E-state index in [9.17, 15) is 5.11 Å². The van der Waals surface area contributed by atoms with E-state index in [2.05, 4.69) is 13.8 Å². The number of hydrogen-bond donors (Lipinski definition) is 1. The summed E-state index contributed by atoms with van der Waals surface area (Å²) in [6.07, 6.45) is 0. The number of phenols is 1. The predicted molar refractivity (Wildman–Crippen MR) is 57.7 cm³/mol. The Kier molecular flexibility index (Phi) is 1.81. The Bertz CT molecular complexity index is 468. The molecule has 68 valence electrons. The van der Waals surface area contributed by atoms with Crippen molar-refractivity contribution in [3.05, 3.63) is 28.1 Å². The van der Waals surface area contributed by atoms with Crippen LogP contribution in [0.5, 0.6) is 5.75 Å². The fourth-order valence-electron chi connectivity index (χ4n) is 1.53. The molecule has 0 atom stereocenters. The zero-order chi connectivity index (χ0) is 9.59. The Morgan fingerprint density at radius 3 is 2.46 bits per heavy atom. The highest BCUT2D eigenvalue weighted by Crippen LogP contribution is 2.35. The summed E-state index contributed by atoms with van der Waals surface area (Å²) in [6.45, 7) is 6.22. The maximum Gasteiger partial charge on any atom is 0.119 e. The number of thiophene rings is 1. The third-order valence-corrected chi connectivity index (χ3v) is 3.91. The Labute approximate surface area is 81.6 Å². The van der Waals surface area contributed by atoms with Gasteiger partial charge in [-0.15, -0.1) is 11.3 Å².